The Morgan fingerprint density at radius 2 is 2.00 bits per heavy atom. The van der Waals surface area contributed by atoms with Crippen molar-refractivity contribution in [2.24, 2.45) is 4.99 Å². The molecule has 0 saturated carbocycles. The molecular weight excluding hydrogens is 443 g/mol. The first kappa shape index (κ1) is 20.3. The van der Waals surface area contributed by atoms with Crippen LogP contribution in [0.25, 0.3) is 0 Å². The molecule has 3 rings (SSSR count). The van der Waals surface area contributed by atoms with E-state index in [4.69, 9.17) is 4.99 Å². The first-order valence-corrected chi connectivity index (χ1v) is 8.80. The summed E-state index contributed by atoms with van der Waals surface area (Å²) in [6.07, 6.45) is 5.55. The van der Waals surface area contributed by atoms with Crippen LogP contribution in [0.1, 0.15) is 6.92 Å². The van der Waals surface area contributed by atoms with Gasteiger partial charge in [-0.3, -0.25) is 4.99 Å². The lowest BCUT2D eigenvalue weighted by Crippen LogP contribution is -2.52. The summed E-state index contributed by atoms with van der Waals surface area (Å²) in [5, 5.41) is 13.4. The molecule has 8 heteroatoms. The number of phenolic OH excluding ortho intramolecular Hbond substituents is 1. The number of rotatable bonds is 5. The maximum absolute atomic E-state index is 10.0. The molecule has 0 aliphatic carbocycles. The van der Waals surface area contributed by atoms with Gasteiger partial charge in [0.15, 0.2) is 5.96 Å². The number of guanidine groups is 1. The van der Waals surface area contributed by atoms with Crippen LogP contribution in [-0.4, -0.2) is 64.8 Å². The standard InChI is InChI=1S/C18H26N6O.HI/c1-2-20-18(21-8-10-22-9-7-19-15-22)24-13-11-23(12-14-24)16-5-3-4-6-17(16)25;/h3-7,9,15,25H,2,8,10-14H2,1H3,(H,20,21);1H. The van der Waals surface area contributed by atoms with Gasteiger partial charge in [0.25, 0.3) is 0 Å². The molecule has 0 atom stereocenters. The first-order valence-electron chi connectivity index (χ1n) is 8.80. The van der Waals surface area contributed by atoms with Gasteiger partial charge >= 0.3 is 0 Å². The average Bonchev–Trinajstić information content (AvgIpc) is 3.15. The fourth-order valence-corrected chi connectivity index (χ4v) is 3.01. The zero-order chi connectivity index (χ0) is 17.5. The van der Waals surface area contributed by atoms with E-state index in [9.17, 15) is 5.11 Å². The van der Waals surface area contributed by atoms with E-state index >= 15 is 0 Å². The fraction of sp³-hybridized carbons (Fsp3) is 0.444. The first-order chi connectivity index (χ1) is 12.3. The highest BCUT2D eigenvalue weighted by Crippen LogP contribution is 2.27. The minimum absolute atomic E-state index is 0. The largest absolute Gasteiger partial charge is 0.506 e. The van der Waals surface area contributed by atoms with Crippen molar-refractivity contribution in [3.63, 3.8) is 0 Å². The van der Waals surface area contributed by atoms with Crippen molar-refractivity contribution in [2.75, 3.05) is 44.2 Å². The third-order valence-electron chi connectivity index (χ3n) is 4.32. The van der Waals surface area contributed by atoms with Gasteiger partial charge in [0.05, 0.1) is 18.6 Å². The summed E-state index contributed by atoms with van der Waals surface area (Å²) >= 11 is 0. The van der Waals surface area contributed by atoms with Gasteiger partial charge in [0.1, 0.15) is 5.75 Å². The molecule has 1 aliphatic heterocycles. The minimum atomic E-state index is 0. The number of nitrogens with zero attached hydrogens (tertiary/aromatic N) is 5. The van der Waals surface area contributed by atoms with Crippen LogP contribution < -0.4 is 10.2 Å². The predicted octanol–water partition coefficient (Wildman–Crippen LogP) is 1.99. The van der Waals surface area contributed by atoms with E-state index in [1.165, 1.54) is 0 Å². The van der Waals surface area contributed by atoms with Gasteiger partial charge in [0.2, 0.25) is 0 Å². The summed E-state index contributed by atoms with van der Waals surface area (Å²) in [5.41, 5.74) is 0.907. The third-order valence-corrected chi connectivity index (χ3v) is 4.32. The minimum Gasteiger partial charge on any atom is -0.506 e. The number of piperazine rings is 1. The van der Waals surface area contributed by atoms with Gasteiger partial charge in [0, 0.05) is 51.7 Å². The van der Waals surface area contributed by atoms with E-state index in [-0.39, 0.29) is 24.0 Å². The zero-order valence-electron chi connectivity index (χ0n) is 15.1. The Morgan fingerprint density at radius 1 is 1.23 bits per heavy atom. The molecule has 2 N–H and O–H groups in total. The summed E-state index contributed by atoms with van der Waals surface area (Å²) < 4.78 is 2.03. The second-order valence-electron chi connectivity index (χ2n) is 6.00. The molecular formula is C18H27IN6O. The molecule has 1 aromatic carbocycles. The van der Waals surface area contributed by atoms with Crippen molar-refractivity contribution in [3.8, 4) is 5.75 Å². The highest BCUT2D eigenvalue weighted by Gasteiger charge is 2.21. The fourth-order valence-electron chi connectivity index (χ4n) is 3.01. The summed E-state index contributed by atoms with van der Waals surface area (Å²) in [5.74, 6) is 1.30. The van der Waals surface area contributed by atoms with Gasteiger partial charge in [-0.15, -0.1) is 24.0 Å². The summed E-state index contributed by atoms with van der Waals surface area (Å²) in [4.78, 5) is 13.3. The molecule has 2 aromatic rings. The van der Waals surface area contributed by atoms with Gasteiger partial charge in [-0.25, -0.2) is 4.98 Å². The predicted molar refractivity (Wildman–Crippen MR) is 116 cm³/mol. The Morgan fingerprint density at radius 3 is 2.65 bits per heavy atom. The van der Waals surface area contributed by atoms with E-state index in [1.807, 2.05) is 35.3 Å². The Balaban J connectivity index is 0.00000243. The van der Waals surface area contributed by atoms with Gasteiger partial charge in [-0.1, -0.05) is 12.1 Å². The number of para-hydroxylation sites is 2. The Labute approximate surface area is 171 Å². The van der Waals surface area contributed by atoms with E-state index < -0.39 is 0 Å². The average molecular weight is 470 g/mol. The molecule has 0 amide bonds. The van der Waals surface area contributed by atoms with Crippen LogP contribution in [0, 0.1) is 0 Å². The lowest BCUT2D eigenvalue weighted by atomic mass is 10.2. The van der Waals surface area contributed by atoms with Crippen LogP contribution in [0.2, 0.25) is 0 Å². The van der Waals surface area contributed by atoms with Gasteiger partial charge < -0.3 is 24.8 Å². The number of hydrogen-bond donors (Lipinski definition) is 2. The second kappa shape index (κ2) is 10.2. The molecule has 1 saturated heterocycles. The number of aromatic nitrogens is 2. The maximum Gasteiger partial charge on any atom is 0.194 e. The number of benzene rings is 1. The molecule has 0 unspecified atom stereocenters. The van der Waals surface area contributed by atoms with Gasteiger partial charge in [-0.2, -0.15) is 0 Å². The quantitative estimate of drug-likeness (QED) is 0.398. The monoisotopic (exact) mass is 470 g/mol. The van der Waals surface area contributed by atoms with Crippen LogP contribution in [0.15, 0.2) is 48.0 Å². The Kier molecular flexibility index (Phi) is 8.02. The zero-order valence-corrected chi connectivity index (χ0v) is 17.4. The molecule has 1 aromatic heterocycles. The van der Waals surface area contributed by atoms with Crippen molar-refractivity contribution in [1.29, 1.82) is 0 Å². The number of phenols is 1. The van der Waals surface area contributed by atoms with Gasteiger partial charge in [-0.05, 0) is 19.1 Å². The van der Waals surface area contributed by atoms with Crippen LogP contribution in [-0.2, 0) is 6.54 Å². The van der Waals surface area contributed by atoms with Crippen LogP contribution in [0.5, 0.6) is 5.75 Å². The van der Waals surface area contributed by atoms with Crippen molar-refractivity contribution in [1.82, 2.24) is 19.8 Å². The van der Waals surface area contributed by atoms with Crippen molar-refractivity contribution in [2.45, 2.75) is 13.5 Å². The summed E-state index contributed by atoms with van der Waals surface area (Å²) in [7, 11) is 0. The lowest BCUT2D eigenvalue weighted by Gasteiger charge is -2.37. The number of hydrogen-bond acceptors (Lipinski definition) is 4. The smallest absolute Gasteiger partial charge is 0.194 e. The number of nitrogens with one attached hydrogen (secondary N) is 1. The molecule has 2 heterocycles. The van der Waals surface area contributed by atoms with Crippen LogP contribution in [0.3, 0.4) is 0 Å². The third kappa shape index (κ3) is 5.26. The van der Waals surface area contributed by atoms with Crippen LogP contribution >= 0.6 is 24.0 Å². The molecule has 0 radical (unpaired) electrons. The highest BCUT2D eigenvalue weighted by atomic mass is 127. The number of imidazole rings is 1. The van der Waals surface area contributed by atoms with Crippen molar-refractivity contribution >= 4 is 35.6 Å². The van der Waals surface area contributed by atoms with E-state index in [0.29, 0.717) is 5.75 Å². The van der Waals surface area contributed by atoms with E-state index in [2.05, 4.69) is 27.0 Å². The summed E-state index contributed by atoms with van der Waals surface area (Å²) in [6.45, 7) is 7.97. The SMILES string of the molecule is CCNC(=NCCn1ccnc1)N1CCN(c2ccccc2O)CC1.I. The topological polar surface area (TPSA) is 68.9 Å². The molecule has 142 valence electrons. The molecule has 26 heavy (non-hydrogen) atoms. The molecule has 1 aliphatic rings. The number of aliphatic imine (C=N–C) groups is 1. The molecule has 1 fully saturated rings. The number of aromatic hydroxyl groups is 1. The van der Waals surface area contributed by atoms with Crippen molar-refractivity contribution in [3.05, 3.63) is 43.0 Å². The molecule has 0 spiro atoms. The van der Waals surface area contributed by atoms with Crippen molar-refractivity contribution < 1.29 is 5.11 Å². The lowest BCUT2D eigenvalue weighted by molar-refractivity contribution is 0.369. The normalized spacial score (nSPS) is 14.9. The maximum atomic E-state index is 10.0. The van der Waals surface area contributed by atoms with Crippen LogP contribution in [0.4, 0.5) is 5.69 Å². The number of anilines is 1. The number of halogens is 1. The second-order valence-corrected chi connectivity index (χ2v) is 6.00. The Hall–Kier alpha value is -1.97. The van der Waals surface area contributed by atoms with E-state index in [0.717, 1.165) is 57.5 Å². The summed E-state index contributed by atoms with van der Waals surface area (Å²) in [6, 6.07) is 7.52. The van der Waals surface area contributed by atoms with E-state index in [1.54, 1.807) is 12.3 Å². The molecule has 0 bridgehead atoms. The highest BCUT2D eigenvalue weighted by molar-refractivity contribution is 14.0. The molecule has 7 nitrogen and oxygen atoms in total. The Bertz CT molecular complexity index is 683.